The molecule has 2 N–H and O–H groups in total. The lowest BCUT2D eigenvalue weighted by Gasteiger charge is -2.06. The molecule has 0 aliphatic heterocycles. The Balaban J connectivity index is 2.30. The minimum atomic E-state index is 0.316. The summed E-state index contributed by atoms with van der Waals surface area (Å²) in [6, 6.07) is 6.41. The van der Waals surface area contributed by atoms with Crippen LogP contribution in [-0.2, 0) is 0 Å². The number of aromatic nitrogens is 2. The van der Waals surface area contributed by atoms with E-state index >= 15 is 0 Å². The Hall–Kier alpha value is -1.52. The van der Waals surface area contributed by atoms with E-state index < -0.39 is 0 Å². The van der Waals surface area contributed by atoms with Gasteiger partial charge in [-0.05, 0) is 12.1 Å². The van der Waals surface area contributed by atoms with Gasteiger partial charge in [-0.25, -0.2) is 9.97 Å². The van der Waals surface area contributed by atoms with Gasteiger partial charge in [0.05, 0.1) is 5.02 Å². The SMILES string of the molecule is Nc1cc(Oc2cc(Cl)ccc2Cl)ncn1. The first kappa shape index (κ1) is 11.0. The van der Waals surface area contributed by atoms with Gasteiger partial charge in [-0.15, -0.1) is 0 Å². The summed E-state index contributed by atoms with van der Waals surface area (Å²) in [5.74, 6) is 1.06. The summed E-state index contributed by atoms with van der Waals surface area (Å²) in [4.78, 5) is 7.64. The Morgan fingerprint density at radius 3 is 2.69 bits per heavy atom. The Bertz CT molecular complexity index is 519. The molecule has 0 aliphatic rings. The molecule has 0 amide bonds. The molecule has 2 rings (SSSR count). The van der Waals surface area contributed by atoms with E-state index in [4.69, 9.17) is 33.7 Å². The van der Waals surface area contributed by atoms with E-state index in [1.165, 1.54) is 12.4 Å². The molecule has 0 saturated carbocycles. The highest BCUT2D eigenvalue weighted by atomic mass is 35.5. The molecule has 1 aromatic heterocycles. The quantitative estimate of drug-likeness (QED) is 0.896. The number of anilines is 1. The minimum Gasteiger partial charge on any atom is -0.437 e. The van der Waals surface area contributed by atoms with Crippen LogP contribution in [0.4, 0.5) is 5.82 Å². The second kappa shape index (κ2) is 4.55. The van der Waals surface area contributed by atoms with Gasteiger partial charge >= 0.3 is 0 Å². The predicted octanol–water partition coefficient (Wildman–Crippen LogP) is 3.16. The molecule has 2 aromatic rings. The fraction of sp³-hybridized carbons (Fsp3) is 0. The first-order chi connectivity index (χ1) is 7.65. The number of nitrogen functional groups attached to an aromatic ring is 1. The van der Waals surface area contributed by atoms with Crippen LogP contribution in [0.2, 0.25) is 10.0 Å². The summed E-state index contributed by atoms with van der Waals surface area (Å²) < 4.78 is 5.42. The summed E-state index contributed by atoms with van der Waals surface area (Å²) >= 11 is 11.7. The number of rotatable bonds is 2. The second-order valence-electron chi connectivity index (χ2n) is 2.96. The van der Waals surface area contributed by atoms with Crippen LogP contribution in [-0.4, -0.2) is 9.97 Å². The molecule has 0 radical (unpaired) electrons. The maximum absolute atomic E-state index is 5.93. The first-order valence-electron chi connectivity index (χ1n) is 4.35. The largest absolute Gasteiger partial charge is 0.437 e. The van der Waals surface area contributed by atoms with E-state index in [2.05, 4.69) is 9.97 Å². The number of ether oxygens (including phenoxy) is 1. The third kappa shape index (κ3) is 2.53. The molecule has 0 unspecified atom stereocenters. The smallest absolute Gasteiger partial charge is 0.224 e. The van der Waals surface area contributed by atoms with Crippen molar-refractivity contribution in [3.05, 3.63) is 40.6 Å². The highest BCUT2D eigenvalue weighted by Gasteiger charge is 2.05. The van der Waals surface area contributed by atoms with Crippen molar-refractivity contribution in [1.29, 1.82) is 0 Å². The summed E-state index contributed by atoms with van der Waals surface area (Å²) in [7, 11) is 0. The van der Waals surface area contributed by atoms with Gasteiger partial charge in [0.25, 0.3) is 0 Å². The molecule has 16 heavy (non-hydrogen) atoms. The number of hydrogen-bond donors (Lipinski definition) is 1. The zero-order chi connectivity index (χ0) is 11.5. The van der Waals surface area contributed by atoms with E-state index in [-0.39, 0.29) is 0 Å². The molecular formula is C10H7Cl2N3O. The molecule has 0 fully saturated rings. The zero-order valence-corrected chi connectivity index (χ0v) is 9.53. The fourth-order valence-corrected chi connectivity index (χ4v) is 1.40. The Labute approximate surface area is 102 Å². The van der Waals surface area contributed by atoms with Crippen LogP contribution in [0.3, 0.4) is 0 Å². The molecule has 1 heterocycles. The lowest BCUT2D eigenvalue weighted by Crippen LogP contribution is -1.94. The number of hydrogen-bond acceptors (Lipinski definition) is 4. The highest BCUT2D eigenvalue weighted by Crippen LogP contribution is 2.31. The molecule has 0 atom stereocenters. The molecular weight excluding hydrogens is 249 g/mol. The van der Waals surface area contributed by atoms with Gasteiger partial charge in [0.1, 0.15) is 17.9 Å². The van der Waals surface area contributed by atoms with Crippen LogP contribution in [0.25, 0.3) is 0 Å². The van der Waals surface area contributed by atoms with E-state index in [1.54, 1.807) is 18.2 Å². The molecule has 0 spiro atoms. The molecule has 82 valence electrons. The first-order valence-corrected chi connectivity index (χ1v) is 5.11. The Morgan fingerprint density at radius 2 is 1.94 bits per heavy atom. The van der Waals surface area contributed by atoms with Crippen molar-refractivity contribution < 1.29 is 4.74 Å². The lowest BCUT2D eigenvalue weighted by atomic mass is 10.3. The number of benzene rings is 1. The second-order valence-corrected chi connectivity index (χ2v) is 3.80. The van der Waals surface area contributed by atoms with Crippen LogP contribution in [0.15, 0.2) is 30.6 Å². The Morgan fingerprint density at radius 1 is 1.12 bits per heavy atom. The van der Waals surface area contributed by atoms with E-state index in [1.807, 2.05) is 0 Å². The monoisotopic (exact) mass is 255 g/mol. The zero-order valence-electron chi connectivity index (χ0n) is 8.02. The van der Waals surface area contributed by atoms with Crippen molar-refractivity contribution in [1.82, 2.24) is 9.97 Å². The van der Waals surface area contributed by atoms with Crippen molar-refractivity contribution in [3.8, 4) is 11.6 Å². The van der Waals surface area contributed by atoms with Crippen molar-refractivity contribution in [2.45, 2.75) is 0 Å². The van der Waals surface area contributed by atoms with Crippen molar-refractivity contribution >= 4 is 29.0 Å². The van der Waals surface area contributed by atoms with Crippen LogP contribution in [0.5, 0.6) is 11.6 Å². The topological polar surface area (TPSA) is 61.0 Å². The van der Waals surface area contributed by atoms with E-state index in [0.717, 1.165) is 0 Å². The maximum Gasteiger partial charge on any atom is 0.224 e. The average molecular weight is 256 g/mol. The fourth-order valence-electron chi connectivity index (χ4n) is 1.08. The van der Waals surface area contributed by atoms with Gasteiger partial charge in [0.2, 0.25) is 5.88 Å². The molecule has 0 bridgehead atoms. The van der Waals surface area contributed by atoms with Crippen LogP contribution < -0.4 is 10.5 Å². The van der Waals surface area contributed by atoms with Gasteiger partial charge in [0.15, 0.2) is 0 Å². The van der Waals surface area contributed by atoms with Crippen molar-refractivity contribution in [2.75, 3.05) is 5.73 Å². The van der Waals surface area contributed by atoms with Gasteiger partial charge in [-0.2, -0.15) is 0 Å². The lowest BCUT2D eigenvalue weighted by molar-refractivity contribution is 0.462. The summed E-state index contributed by atoms with van der Waals surface area (Å²) in [6.45, 7) is 0. The minimum absolute atomic E-state index is 0.316. The van der Waals surface area contributed by atoms with Crippen molar-refractivity contribution in [2.24, 2.45) is 0 Å². The summed E-state index contributed by atoms with van der Waals surface area (Å²) in [5.41, 5.74) is 5.49. The molecule has 4 nitrogen and oxygen atoms in total. The molecule has 0 aliphatic carbocycles. The summed E-state index contributed by atoms with van der Waals surface area (Å²) in [5, 5.41) is 0.975. The van der Waals surface area contributed by atoms with Crippen LogP contribution >= 0.6 is 23.2 Å². The molecule has 6 heteroatoms. The van der Waals surface area contributed by atoms with Gasteiger partial charge < -0.3 is 10.5 Å². The van der Waals surface area contributed by atoms with Gasteiger partial charge in [-0.3, -0.25) is 0 Å². The molecule has 0 saturated heterocycles. The number of nitrogens with two attached hydrogens (primary N) is 1. The van der Waals surface area contributed by atoms with E-state index in [0.29, 0.717) is 27.5 Å². The maximum atomic E-state index is 5.93. The van der Waals surface area contributed by atoms with Gasteiger partial charge in [0, 0.05) is 17.2 Å². The van der Waals surface area contributed by atoms with Crippen LogP contribution in [0, 0.1) is 0 Å². The Kier molecular flexibility index (Phi) is 3.12. The van der Waals surface area contributed by atoms with E-state index in [9.17, 15) is 0 Å². The normalized spacial score (nSPS) is 10.1. The average Bonchev–Trinajstić information content (AvgIpc) is 2.24. The third-order valence-electron chi connectivity index (χ3n) is 1.77. The highest BCUT2D eigenvalue weighted by molar-refractivity contribution is 6.34. The van der Waals surface area contributed by atoms with Crippen LogP contribution in [0.1, 0.15) is 0 Å². The van der Waals surface area contributed by atoms with Crippen molar-refractivity contribution in [3.63, 3.8) is 0 Å². The predicted molar refractivity (Wildman–Crippen MR) is 63.0 cm³/mol. The van der Waals surface area contributed by atoms with Gasteiger partial charge in [-0.1, -0.05) is 23.2 Å². The standard InChI is InChI=1S/C10H7Cl2N3O/c11-6-1-2-7(12)8(3-6)16-10-4-9(13)14-5-15-10/h1-5H,(H2,13,14,15). The third-order valence-corrected chi connectivity index (χ3v) is 2.32. The molecule has 1 aromatic carbocycles. The summed E-state index contributed by atoms with van der Waals surface area (Å²) in [6.07, 6.45) is 1.31. The number of halogens is 2. The number of nitrogens with zero attached hydrogens (tertiary/aromatic N) is 2.